The van der Waals surface area contributed by atoms with Crippen molar-refractivity contribution in [2.45, 2.75) is 27.2 Å². The van der Waals surface area contributed by atoms with Crippen LogP contribution in [0.5, 0.6) is 17.2 Å². The number of rotatable bonds is 9. The lowest BCUT2D eigenvalue weighted by Crippen LogP contribution is -2.41. The maximum Gasteiger partial charge on any atom is 0.323 e. The number of hydrogen-bond acceptors (Lipinski definition) is 7. The van der Waals surface area contributed by atoms with Crippen molar-refractivity contribution in [3.8, 4) is 17.2 Å². The Balaban J connectivity index is 3.32. The summed E-state index contributed by atoms with van der Waals surface area (Å²) in [5, 5.41) is 0. The van der Waals surface area contributed by atoms with Crippen molar-refractivity contribution in [3.63, 3.8) is 0 Å². The smallest absolute Gasteiger partial charge is 0.323 e. The van der Waals surface area contributed by atoms with Crippen molar-refractivity contribution < 1.29 is 33.3 Å². The summed E-state index contributed by atoms with van der Waals surface area (Å²) < 4.78 is 26.1. The summed E-state index contributed by atoms with van der Waals surface area (Å²) in [5.41, 5.74) is -0.825. The molecule has 0 unspecified atom stereocenters. The van der Waals surface area contributed by atoms with Gasteiger partial charge in [0.15, 0.2) is 16.9 Å². The fourth-order valence-electron chi connectivity index (χ4n) is 2.45. The van der Waals surface area contributed by atoms with Crippen molar-refractivity contribution in [3.05, 3.63) is 17.7 Å². The number of hydrogen-bond donors (Lipinski definition) is 0. The van der Waals surface area contributed by atoms with Gasteiger partial charge in [0, 0.05) is 0 Å². The highest BCUT2D eigenvalue weighted by molar-refractivity contribution is 6.00. The molecule has 0 fully saturated rings. The zero-order valence-electron chi connectivity index (χ0n) is 15.6. The van der Waals surface area contributed by atoms with E-state index < -0.39 is 17.4 Å². The van der Waals surface area contributed by atoms with Crippen LogP contribution >= 0.6 is 0 Å². The van der Waals surface area contributed by atoms with Crippen LogP contribution in [0.3, 0.4) is 0 Å². The molecule has 0 heterocycles. The van der Waals surface area contributed by atoms with Gasteiger partial charge >= 0.3 is 11.9 Å². The minimum atomic E-state index is -1.48. The molecule has 0 amide bonds. The summed E-state index contributed by atoms with van der Waals surface area (Å²) >= 11 is 0. The van der Waals surface area contributed by atoms with Crippen molar-refractivity contribution >= 4 is 11.9 Å². The Morgan fingerprint density at radius 2 is 1.32 bits per heavy atom. The summed E-state index contributed by atoms with van der Waals surface area (Å²) in [5.74, 6) is 0.0333. The van der Waals surface area contributed by atoms with Gasteiger partial charge in [0.1, 0.15) is 0 Å². The van der Waals surface area contributed by atoms with Crippen LogP contribution in [0.4, 0.5) is 0 Å². The molecule has 25 heavy (non-hydrogen) atoms. The van der Waals surface area contributed by atoms with Crippen LogP contribution in [0.1, 0.15) is 26.3 Å². The highest BCUT2D eigenvalue weighted by Gasteiger charge is 2.44. The minimum absolute atomic E-state index is 0.0708. The molecule has 1 aromatic rings. The van der Waals surface area contributed by atoms with Gasteiger partial charge in [0.25, 0.3) is 0 Å². The van der Waals surface area contributed by atoms with E-state index in [0.717, 1.165) is 0 Å². The lowest BCUT2D eigenvalue weighted by atomic mass is 9.83. The number of carbonyl (C=O) groups excluding carboxylic acids is 2. The molecule has 0 N–H and O–H groups in total. The molecule has 0 aliphatic carbocycles. The van der Waals surface area contributed by atoms with E-state index in [2.05, 4.69) is 0 Å². The third-order valence-corrected chi connectivity index (χ3v) is 3.73. The highest BCUT2D eigenvalue weighted by atomic mass is 16.6. The molecular formula is C18H26O7. The fourth-order valence-corrected chi connectivity index (χ4v) is 2.45. The van der Waals surface area contributed by atoms with Crippen LogP contribution in [0.25, 0.3) is 0 Å². The van der Waals surface area contributed by atoms with E-state index in [-0.39, 0.29) is 19.6 Å². The molecule has 140 valence electrons. The number of methoxy groups -OCH3 is 3. The Morgan fingerprint density at radius 1 is 0.880 bits per heavy atom. The summed E-state index contributed by atoms with van der Waals surface area (Å²) in [6, 6.07) is 3.39. The molecule has 7 nitrogen and oxygen atoms in total. The normalized spacial score (nSPS) is 10.8. The summed E-state index contributed by atoms with van der Waals surface area (Å²) in [6.07, 6.45) is 0.0708. The largest absolute Gasteiger partial charge is 0.493 e. The molecule has 0 spiro atoms. The van der Waals surface area contributed by atoms with Gasteiger partial charge in [-0.25, -0.2) is 0 Å². The van der Waals surface area contributed by atoms with Crippen molar-refractivity contribution in [1.82, 2.24) is 0 Å². The number of carbonyl (C=O) groups is 2. The van der Waals surface area contributed by atoms with Crippen LogP contribution in [0, 0.1) is 5.41 Å². The number of ether oxygens (including phenoxy) is 5. The first-order chi connectivity index (χ1) is 11.9. The van der Waals surface area contributed by atoms with Crippen LogP contribution in [0.2, 0.25) is 0 Å². The SMILES string of the molecule is CCOC(=O)C(C)(Cc1cc(OC)c(OC)c(OC)c1)C(=O)OCC. The predicted octanol–water partition coefficient (Wildman–Crippen LogP) is 2.39. The molecule has 0 bridgehead atoms. The standard InChI is InChI=1S/C18H26O7/c1-7-24-16(19)18(3,17(20)25-8-2)11-12-9-13(21-4)15(23-6)14(10-12)22-5/h9-10H,7-8,11H2,1-6H3. The van der Waals surface area contributed by atoms with E-state index in [9.17, 15) is 9.59 Å². The van der Waals surface area contributed by atoms with Crippen molar-refractivity contribution in [2.24, 2.45) is 5.41 Å². The van der Waals surface area contributed by atoms with Crippen LogP contribution in [-0.4, -0.2) is 46.5 Å². The predicted molar refractivity (Wildman–Crippen MR) is 91.2 cm³/mol. The van der Waals surface area contributed by atoms with Gasteiger partial charge in [0.05, 0.1) is 34.5 Å². The second-order valence-corrected chi connectivity index (χ2v) is 5.48. The van der Waals surface area contributed by atoms with Gasteiger partial charge in [0.2, 0.25) is 5.75 Å². The second-order valence-electron chi connectivity index (χ2n) is 5.48. The molecule has 0 saturated carbocycles. The van der Waals surface area contributed by atoms with Crippen molar-refractivity contribution in [2.75, 3.05) is 34.5 Å². The Kier molecular flexibility index (Phi) is 7.54. The highest BCUT2D eigenvalue weighted by Crippen LogP contribution is 2.40. The Morgan fingerprint density at radius 3 is 1.64 bits per heavy atom. The molecule has 0 radical (unpaired) electrons. The molecule has 0 saturated heterocycles. The molecule has 7 heteroatoms. The third kappa shape index (κ3) is 4.55. The van der Waals surface area contributed by atoms with E-state index in [1.165, 1.54) is 28.3 Å². The van der Waals surface area contributed by atoms with Gasteiger partial charge in [-0.1, -0.05) is 0 Å². The second kappa shape index (κ2) is 9.15. The van der Waals surface area contributed by atoms with E-state index >= 15 is 0 Å². The zero-order chi connectivity index (χ0) is 19.0. The Hall–Kier alpha value is -2.44. The van der Waals surface area contributed by atoms with Crippen LogP contribution < -0.4 is 14.2 Å². The van der Waals surface area contributed by atoms with Crippen LogP contribution in [-0.2, 0) is 25.5 Å². The van der Waals surface area contributed by atoms with Gasteiger partial charge < -0.3 is 23.7 Å². The Bertz CT molecular complexity index is 566. The molecule has 0 aromatic heterocycles. The summed E-state index contributed by atoms with van der Waals surface area (Å²) in [6.45, 7) is 5.21. The average Bonchev–Trinajstić information content (AvgIpc) is 2.60. The first-order valence-corrected chi connectivity index (χ1v) is 8.01. The fraction of sp³-hybridized carbons (Fsp3) is 0.556. The van der Waals surface area contributed by atoms with Gasteiger partial charge in [-0.15, -0.1) is 0 Å². The number of esters is 2. The minimum Gasteiger partial charge on any atom is -0.493 e. The monoisotopic (exact) mass is 354 g/mol. The van der Waals surface area contributed by atoms with Gasteiger partial charge in [-0.05, 0) is 44.9 Å². The van der Waals surface area contributed by atoms with Gasteiger partial charge in [-0.3, -0.25) is 9.59 Å². The molecule has 0 atom stereocenters. The van der Waals surface area contributed by atoms with E-state index in [0.29, 0.717) is 22.8 Å². The Labute approximate surface area is 148 Å². The maximum atomic E-state index is 12.4. The molecule has 0 aliphatic heterocycles. The third-order valence-electron chi connectivity index (χ3n) is 3.73. The molecular weight excluding hydrogens is 328 g/mol. The topological polar surface area (TPSA) is 80.3 Å². The maximum absolute atomic E-state index is 12.4. The van der Waals surface area contributed by atoms with Crippen LogP contribution in [0.15, 0.2) is 12.1 Å². The number of benzene rings is 1. The van der Waals surface area contributed by atoms with Crippen molar-refractivity contribution in [1.29, 1.82) is 0 Å². The first kappa shape index (κ1) is 20.6. The van der Waals surface area contributed by atoms with Gasteiger partial charge in [-0.2, -0.15) is 0 Å². The quantitative estimate of drug-likeness (QED) is 0.497. The molecule has 0 aliphatic rings. The molecule has 1 rings (SSSR count). The van der Waals surface area contributed by atoms with E-state index in [4.69, 9.17) is 23.7 Å². The average molecular weight is 354 g/mol. The lowest BCUT2D eigenvalue weighted by Gasteiger charge is -2.25. The lowest BCUT2D eigenvalue weighted by molar-refractivity contribution is -0.170. The van der Waals surface area contributed by atoms with E-state index in [1.807, 2.05) is 0 Å². The first-order valence-electron chi connectivity index (χ1n) is 8.01. The molecule has 1 aromatic carbocycles. The summed E-state index contributed by atoms with van der Waals surface area (Å²) in [7, 11) is 4.50. The van der Waals surface area contributed by atoms with E-state index in [1.54, 1.807) is 26.0 Å². The summed E-state index contributed by atoms with van der Waals surface area (Å²) in [4.78, 5) is 24.8. The zero-order valence-corrected chi connectivity index (χ0v) is 15.6.